The van der Waals surface area contributed by atoms with Gasteiger partial charge in [0.05, 0.1) is 12.4 Å². The first-order chi connectivity index (χ1) is 8.06. The molecule has 0 aromatic carbocycles. The largest absolute Gasteiger partial charge is 0.464 e. The minimum absolute atomic E-state index is 0.00185. The van der Waals surface area contributed by atoms with Gasteiger partial charge in [-0.15, -0.1) is 11.8 Å². The topological polar surface area (TPSA) is 47.9 Å². The predicted octanol–water partition coefficient (Wildman–Crippen LogP) is 2.64. The Hall–Kier alpha value is -0.970. The fourth-order valence-corrected chi connectivity index (χ4v) is 2.35. The Morgan fingerprint density at radius 3 is 2.47 bits per heavy atom. The molecule has 0 radical (unpaired) electrons. The number of thioether (sulfide) groups is 1. The van der Waals surface area contributed by atoms with Gasteiger partial charge >= 0.3 is 5.97 Å². The summed E-state index contributed by atoms with van der Waals surface area (Å²) in [6.45, 7) is 6.10. The van der Waals surface area contributed by atoms with Crippen molar-refractivity contribution < 1.29 is 14.4 Å². The summed E-state index contributed by atoms with van der Waals surface area (Å²) in [5, 5.41) is 3.76. The molecule has 0 saturated carbocycles. The van der Waals surface area contributed by atoms with E-state index >= 15 is 0 Å². The molecule has 4 nitrogen and oxygen atoms in total. The van der Waals surface area contributed by atoms with Crippen molar-refractivity contribution in [3.63, 3.8) is 0 Å². The maximum absolute atomic E-state index is 11.5. The van der Waals surface area contributed by atoms with Crippen molar-refractivity contribution in [2.24, 2.45) is 5.16 Å². The molecule has 0 bridgehead atoms. The Labute approximate surface area is 107 Å². The molecule has 0 fully saturated rings. The van der Waals surface area contributed by atoms with Crippen LogP contribution in [-0.4, -0.2) is 36.9 Å². The normalized spacial score (nSPS) is 12.9. The Balaban J connectivity index is 4.63. The van der Waals surface area contributed by atoms with Crippen LogP contribution in [0.1, 0.15) is 27.2 Å². The van der Waals surface area contributed by atoms with Gasteiger partial charge in [0.25, 0.3) is 0 Å². The number of hydrogen-bond donors (Lipinski definition) is 0. The Kier molecular flexibility index (Phi) is 8.58. The summed E-state index contributed by atoms with van der Waals surface area (Å²) in [6.07, 6.45) is 2.92. The van der Waals surface area contributed by atoms with Gasteiger partial charge < -0.3 is 9.57 Å². The first-order valence-electron chi connectivity index (χ1n) is 5.51. The zero-order valence-electron chi connectivity index (χ0n) is 11.1. The Morgan fingerprint density at radius 2 is 2.06 bits per heavy atom. The number of allylic oxidation sites excluding steroid dienone is 1. The quantitative estimate of drug-likeness (QED) is 0.305. The Bertz CT molecular complexity index is 296. The minimum Gasteiger partial charge on any atom is -0.464 e. The molecule has 0 aliphatic heterocycles. The van der Waals surface area contributed by atoms with Crippen LogP contribution in [0.4, 0.5) is 0 Å². The lowest BCUT2D eigenvalue weighted by atomic mass is 10.2. The summed E-state index contributed by atoms with van der Waals surface area (Å²) < 4.78 is 4.70. The van der Waals surface area contributed by atoms with Crippen molar-refractivity contribution in [2.75, 3.05) is 20.0 Å². The SMILES string of the molecule is CCC(SCC=C(C)C)C(=NOC)C(=O)OC. The van der Waals surface area contributed by atoms with E-state index in [0.29, 0.717) is 5.71 Å². The van der Waals surface area contributed by atoms with Crippen molar-refractivity contribution >= 4 is 23.4 Å². The number of ether oxygens (including phenoxy) is 1. The molecular weight excluding hydrogens is 238 g/mol. The van der Waals surface area contributed by atoms with Gasteiger partial charge in [-0.05, 0) is 20.3 Å². The van der Waals surface area contributed by atoms with Gasteiger partial charge in [-0.2, -0.15) is 0 Å². The maximum atomic E-state index is 11.5. The van der Waals surface area contributed by atoms with E-state index in [1.165, 1.54) is 19.8 Å². The monoisotopic (exact) mass is 259 g/mol. The molecule has 0 amide bonds. The molecule has 0 spiro atoms. The van der Waals surface area contributed by atoms with E-state index in [2.05, 4.69) is 11.2 Å². The molecule has 0 N–H and O–H groups in total. The number of nitrogens with zero attached hydrogens (tertiary/aromatic N) is 1. The van der Waals surface area contributed by atoms with E-state index in [0.717, 1.165) is 12.2 Å². The average molecular weight is 259 g/mol. The number of oxime groups is 1. The van der Waals surface area contributed by atoms with Gasteiger partial charge in [0, 0.05) is 5.75 Å². The molecule has 98 valence electrons. The average Bonchev–Trinajstić information content (AvgIpc) is 2.31. The van der Waals surface area contributed by atoms with E-state index in [9.17, 15) is 4.79 Å². The fourth-order valence-electron chi connectivity index (χ4n) is 1.15. The number of methoxy groups -OCH3 is 1. The molecule has 0 heterocycles. The van der Waals surface area contributed by atoms with Crippen LogP contribution in [0.15, 0.2) is 16.8 Å². The molecule has 17 heavy (non-hydrogen) atoms. The van der Waals surface area contributed by atoms with Gasteiger partial charge in [-0.25, -0.2) is 4.79 Å². The molecule has 1 atom stereocenters. The minimum atomic E-state index is -0.427. The summed E-state index contributed by atoms with van der Waals surface area (Å²) in [5.74, 6) is 0.420. The van der Waals surface area contributed by atoms with E-state index in [1.807, 2.05) is 20.8 Å². The smallest absolute Gasteiger partial charge is 0.357 e. The van der Waals surface area contributed by atoms with Gasteiger partial charge in [-0.3, -0.25) is 0 Å². The van der Waals surface area contributed by atoms with E-state index in [4.69, 9.17) is 9.57 Å². The number of carbonyl (C=O) groups is 1. The van der Waals surface area contributed by atoms with E-state index in [1.54, 1.807) is 11.8 Å². The van der Waals surface area contributed by atoms with E-state index < -0.39 is 5.97 Å². The van der Waals surface area contributed by atoms with Crippen LogP contribution in [0.5, 0.6) is 0 Å². The molecule has 0 aliphatic rings. The second kappa shape index (κ2) is 9.10. The first kappa shape index (κ1) is 16.0. The lowest BCUT2D eigenvalue weighted by Crippen LogP contribution is -2.27. The molecule has 0 aliphatic carbocycles. The number of carbonyl (C=O) groups excluding carboxylic acids is 1. The summed E-state index contributed by atoms with van der Waals surface area (Å²) in [5.41, 5.74) is 1.60. The summed E-state index contributed by atoms with van der Waals surface area (Å²) in [6, 6.07) is 0. The van der Waals surface area contributed by atoms with Crippen LogP contribution in [0, 0.1) is 0 Å². The van der Waals surface area contributed by atoms with Crippen molar-refractivity contribution in [3.8, 4) is 0 Å². The molecule has 0 saturated heterocycles. The number of esters is 1. The molecule has 0 aromatic heterocycles. The lowest BCUT2D eigenvalue weighted by molar-refractivity contribution is -0.133. The van der Waals surface area contributed by atoms with Crippen LogP contribution in [0.2, 0.25) is 0 Å². The number of hydrogen-bond acceptors (Lipinski definition) is 5. The van der Waals surface area contributed by atoms with Crippen molar-refractivity contribution in [3.05, 3.63) is 11.6 Å². The van der Waals surface area contributed by atoms with Crippen LogP contribution in [0.25, 0.3) is 0 Å². The standard InChI is InChI=1S/C12H21NO3S/c1-6-10(17-8-7-9(2)3)11(13-16-5)12(14)15-4/h7,10H,6,8H2,1-5H3. The summed E-state index contributed by atoms with van der Waals surface area (Å²) >= 11 is 1.65. The zero-order chi connectivity index (χ0) is 13.3. The third-order valence-electron chi connectivity index (χ3n) is 2.05. The van der Waals surface area contributed by atoms with Gasteiger partial charge in [0.2, 0.25) is 0 Å². The van der Waals surface area contributed by atoms with Crippen molar-refractivity contribution in [2.45, 2.75) is 32.4 Å². The summed E-state index contributed by atoms with van der Waals surface area (Å²) in [4.78, 5) is 16.2. The zero-order valence-corrected chi connectivity index (χ0v) is 12.0. The fraction of sp³-hybridized carbons (Fsp3) is 0.667. The van der Waals surface area contributed by atoms with Crippen LogP contribution >= 0.6 is 11.8 Å². The molecule has 1 unspecified atom stereocenters. The molecule has 0 aromatic rings. The third-order valence-corrected chi connectivity index (χ3v) is 3.37. The summed E-state index contributed by atoms with van der Waals surface area (Å²) in [7, 11) is 2.78. The molecular formula is C12H21NO3S. The predicted molar refractivity (Wildman–Crippen MR) is 72.4 cm³/mol. The highest BCUT2D eigenvalue weighted by Crippen LogP contribution is 2.18. The maximum Gasteiger partial charge on any atom is 0.357 e. The van der Waals surface area contributed by atoms with Crippen molar-refractivity contribution in [1.29, 1.82) is 0 Å². The van der Waals surface area contributed by atoms with Gasteiger partial charge in [0.15, 0.2) is 5.71 Å². The molecule has 5 heteroatoms. The molecule has 0 rings (SSSR count). The highest BCUT2D eigenvalue weighted by molar-refractivity contribution is 8.00. The second-order valence-corrected chi connectivity index (χ2v) is 4.90. The second-order valence-electron chi connectivity index (χ2n) is 3.66. The van der Waals surface area contributed by atoms with Crippen LogP contribution in [-0.2, 0) is 14.4 Å². The van der Waals surface area contributed by atoms with E-state index in [-0.39, 0.29) is 5.25 Å². The Morgan fingerprint density at radius 1 is 1.41 bits per heavy atom. The lowest BCUT2D eigenvalue weighted by Gasteiger charge is -2.13. The van der Waals surface area contributed by atoms with Gasteiger partial charge in [0.1, 0.15) is 7.11 Å². The van der Waals surface area contributed by atoms with Crippen molar-refractivity contribution in [1.82, 2.24) is 0 Å². The number of rotatable bonds is 7. The van der Waals surface area contributed by atoms with Crippen LogP contribution in [0.3, 0.4) is 0 Å². The van der Waals surface area contributed by atoms with Crippen LogP contribution < -0.4 is 0 Å². The first-order valence-corrected chi connectivity index (χ1v) is 6.56. The van der Waals surface area contributed by atoms with Gasteiger partial charge in [-0.1, -0.05) is 23.7 Å². The third kappa shape index (κ3) is 6.36. The highest BCUT2D eigenvalue weighted by Gasteiger charge is 2.23. The highest BCUT2D eigenvalue weighted by atomic mass is 32.2.